The Morgan fingerprint density at radius 1 is 1.28 bits per heavy atom. The molecule has 0 atom stereocenters. The van der Waals surface area contributed by atoms with Crippen molar-refractivity contribution in [2.24, 2.45) is 0 Å². The molecule has 94 valence electrons. The Hall–Kier alpha value is -1.84. The summed E-state index contributed by atoms with van der Waals surface area (Å²) in [6.45, 7) is 4.28. The monoisotopic (exact) mass is 242 g/mol. The van der Waals surface area contributed by atoms with Crippen LogP contribution in [0.4, 0.5) is 5.82 Å². The standard InChI is InChI=1S/C14H18N4/c1-11-8-13(10-15-9-11)12-3-6-18(7-4-12)14-2-5-16-17-14/h2,5,8-10,12H,3-4,6-7H2,1H3,(H,16,17). The van der Waals surface area contributed by atoms with Crippen molar-refractivity contribution in [3.05, 3.63) is 41.9 Å². The Kier molecular flexibility index (Phi) is 3.00. The van der Waals surface area contributed by atoms with Crippen LogP contribution in [-0.4, -0.2) is 28.3 Å². The van der Waals surface area contributed by atoms with Gasteiger partial charge in [0.05, 0.1) is 6.20 Å². The number of aromatic amines is 1. The smallest absolute Gasteiger partial charge is 0.123 e. The van der Waals surface area contributed by atoms with Gasteiger partial charge in [-0.05, 0) is 36.8 Å². The average molecular weight is 242 g/mol. The van der Waals surface area contributed by atoms with Crippen LogP contribution < -0.4 is 4.90 Å². The molecule has 0 radical (unpaired) electrons. The van der Waals surface area contributed by atoms with Gasteiger partial charge in [-0.2, -0.15) is 5.10 Å². The van der Waals surface area contributed by atoms with E-state index < -0.39 is 0 Å². The fourth-order valence-electron chi connectivity index (χ4n) is 2.68. The van der Waals surface area contributed by atoms with Crippen molar-refractivity contribution in [1.82, 2.24) is 15.2 Å². The lowest BCUT2D eigenvalue weighted by Crippen LogP contribution is -2.33. The molecule has 18 heavy (non-hydrogen) atoms. The minimum absolute atomic E-state index is 0.650. The summed E-state index contributed by atoms with van der Waals surface area (Å²) >= 11 is 0. The third-order valence-corrected chi connectivity index (χ3v) is 3.69. The number of rotatable bonds is 2. The van der Waals surface area contributed by atoms with Gasteiger partial charge in [-0.1, -0.05) is 6.07 Å². The van der Waals surface area contributed by atoms with Crippen molar-refractivity contribution >= 4 is 5.82 Å². The summed E-state index contributed by atoms with van der Waals surface area (Å²) < 4.78 is 0. The molecule has 4 nitrogen and oxygen atoms in total. The van der Waals surface area contributed by atoms with E-state index in [0.717, 1.165) is 18.9 Å². The van der Waals surface area contributed by atoms with Crippen molar-refractivity contribution in [1.29, 1.82) is 0 Å². The molecule has 4 heteroatoms. The van der Waals surface area contributed by atoms with Crippen LogP contribution in [0.2, 0.25) is 0 Å². The van der Waals surface area contributed by atoms with Crippen molar-refractivity contribution in [3.63, 3.8) is 0 Å². The minimum Gasteiger partial charge on any atom is -0.357 e. The van der Waals surface area contributed by atoms with Crippen molar-refractivity contribution < 1.29 is 0 Å². The number of aryl methyl sites for hydroxylation is 1. The number of pyridine rings is 1. The molecule has 0 unspecified atom stereocenters. The summed E-state index contributed by atoms with van der Waals surface area (Å²) in [6.07, 6.45) is 8.12. The third-order valence-electron chi connectivity index (χ3n) is 3.69. The average Bonchev–Trinajstić information content (AvgIpc) is 2.93. The van der Waals surface area contributed by atoms with Gasteiger partial charge in [0.1, 0.15) is 5.82 Å². The van der Waals surface area contributed by atoms with Crippen molar-refractivity contribution in [3.8, 4) is 0 Å². The van der Waals surface area contributed by atoms with Gasteiger partial charge in [-0.25, -0.2) is 0 Å². The van der Waals surface area contributed by atoms with E-state index in [0.29, 0.717) is 5.92 Å². The SMILES string of the molecule is Cc1cncc(C2CCN(c3ccn[nH]3)CC2)c1. The Morgan fingerprint density at radius 2 is 2.11 bits per heavy atom. The van der Waals surface area contributed by atoms with E-state index in [-0.39, 0.29) is 0 Å². The maximum atomic E-state index is 4.30. The fraction of sp³-hybridized carbons (Fsp3) is 0.429. The number of hydrogen-bond donors (Lipinski definition) is 1. The van der Waals surface area contributed by atoms with Gasteiger partial charge in [-0.3, -0.25) is 10.1 Å². The highest BCUT2D eigenvalue weighted by Gasteiger charge is 2.21. The first-order chi connectivity index (χ1) is 8.83. The predicted molar refractivity (Wildman–Crippen MR) is 71.7 cm³/mol. The Morgan fingerprint density at radius 3 is 2.78 bits per heavy atom. The van der Waals surface area contributed by atoms with Crippen LogP contribution in [0.5, 0.6) is 0 Å². The lowest BCUT2D eigenvalue weighted by Gasteiger charge is -2.32. The molecule has 0 spiro atoms. The first-order valence-electron chi connectivity index (χ1n) is 6.49. The topological polar surface area (TPSA) is 44.8 Å². The first kappa shape index (κ1) is 11.3. The maximum Gasteiger partial charge on any atom is 0.123 e. The zero-order chi connectivity index (χ0) is 12.4. The number of aromatic nitrogens is 3. The predicted octanol–water partition coefficient (Wildman–Crippen LogP) is 2.50. The second-order valence-corrected chi connectivity index (χ2v) is 5.00. The number of piperidine rings is 1. The number of nitrogens with one attached hydrogen (secondary N) is 1. The number of hydrogen-bond acceptors (Lipinski definition) is 3. The summed E-state index contributed by atoms with van der Waals surface area (Å²) in [5.41, 5.74) is 2.64. The molecular formula is C14H18N4. The van der Waals surface area contributed by atoms with E-state index in [9.17, 15) is 0 Å². The molecule has 0 bridgehead atoms. The molecule has 1 aliphatic heterocycles. The molecule has 0 saturated carbocycles. The molecule has 1 N–H and O–H groups in total. The van der Waals surface area contributed by atoms with Gasteiger partial charge in [0.25, 0.3) is 0 Å². The van der Waals surface area contributed by atoms with Gasteiger partial charge < -0.3 is 4.90 Å². The molecular weight excluding hydrogens is 224 g/mol. The zero-order valence-corrected chi connectivity index (χ0v) is 10.6. The molecule has 0 amide bonds. The second-order valence-electron chi connectivity index (χ2n) is 5.00. The lowest BCUT2D eigenvalue weighted by atomic mass is 9.90. The molecule has 3 rings (SSSR count). The van der Waals surface area contributed by atoms with Crippen LogP contribution >= 0.6 is 0 Å². The summed E-state index contributed by atoms with van der Waals surface area (Å²) in [5.74, 6) is 1.78. The quantitative estimate of drug-likeness (QED) is 0.880. The largest absolute Gasteiger partial charge is 0.357 e. The molecule has 0 aliphatic carbocycles. The Labute approximate surface area is 107 Å². The van der Waals surface area contributed by atoms with Crippen molar-refractivity contribution in [2.45, 2.75) is 25.7 Å². The van der Waals surface area contributed by atoms with Gasteiger partial charge in [-0.15, -0.1) is 0 Å². The van der Waals surface area contributed by atoms with Crippen LogP contribution in [0.1, 0.15) is 29.9 Å². The molecule has 1 aliphatic rings. The molecule has 2 aromatic rings. The maximum absolute atomic E-state index is 4.30. The van der Waals surface area contributed by atoms with Crippen LogP contribution in [0, 0.1) is 6.92 Å². The van der Waals surface area contributed by atoms with Crippen molar-refractivity contribution in [2.75, 3.05) is 18.0 Å². The van der Waals surface area contributed by atoms with E-state index in [1.165, 1.54) is 24.0 Å². The number of H-pyrrole nitrogens is 1. The van der Waals surface area contributed by atoms with Crippen LogP contribution in [-0.2, 0) is 0 Å². The van der Waals surface area contributed by atoms with E-state index in [1.54, 1.807) is 0 Å². The zero-order valence-electron chi connectivity index (χ0n) is 10.6. The molecule has 0 aromatic carbocycles. The van der Waals surface area contributed by atoms with E-state index in [1.807, 2.05) is 24.7 Å². The van der Waals surface area contributed by atoms with E-state index >= 15 is 0 Å². The van der Waals surface area contributed by atoms with Crippen LogP contribution in [0.3, 0.4) is 0 Å². The molecule has 2 aromatic heterocycles. The van der Waals surface area contributed by atoms with Gasteiger partial charge in [0, 0.05) is 31.5 Å². The third kappa shape index (κ3) is 2.23. The number of nitrogens with zero attached hydrogens (tertiary/aromatic N) is 3. The minimum atomic E-state index is 0.650. The fourth-order valence-corrected chi connectivity index (χ4v) is 2.68. The van der Waals surface area contributed by atoms with E-state index in [4.69, 9.17) is 0 Å². The van der Waals surface area contributed by atoms with Gasteiger partial charge >= 0.3 is 0 Å². The highest BCUT2D eigenvalue weighted by molar-refractivity contribution is 5.37. The van der Waals surface area contributed by atoms with Crippen LogP contribution in [0.25, 0.3) is 0 Å². The Bertz CT molecular complexity index is 498. The molecule has 1 saturated heterocycles. The summed E-state index contributed by atoms with van der Waals surface area (Å²) in [4.78, 5) is 6.67. The highest BCUT2D eigenvalue weighted by Crippen LogP contribution is 2.29. The van der Waals surface area contributed by atoms with Gasteiger partial charge in [0.2, 0.25) is 0 Å². The highest BCUT2D eigenvalue weighted by atomic mass is 15.3. The number of anilines is 1. The summed E-state index contributed by atoms with van der Waals surface area (Å²) in [7, 11) is 0. The first-order valence-corrected chi connectivity index (χ1v) is 6.49. The van der Waals surface area contributed by atoms with Crippen LogP contribution in [0.15, 0.2) is 30.7 Å². The second kappa shape index (κ2) is 4.80. The molecule has 1 fully saturated rings. The normalized spacial score (nSPS) is 17.1. The summed E-state index contributed by atoms with van der Waals surface area (Å²) in [6, 6.07) is 4.30. The molecule has 3 heterocycles. The van der Waals surface area contributed by atoms with E-state index in [2.05, 4.69) is 33.1 Å². The summed E-state index contributed by atoms with van der Waals surface area (Å²) in [5, 5.41) is 7.04. The Balaban J connectivity index is 1.67. The van der Waals surface area contributed by atoms with Gasteiger partial charge in [0.15, 0.2) is 0 Å². The lowest BCUT2D eigenvalue weighted by molar-refractivity contribution is 0.501.